The molecule has 0 aromatic carbocycles. The molecule has 0 bridgehead atoms. The number of piperazine rings is 1. The highest BCUT2D eigenvalue weighted by Crippen LogP contribution is 2.31. The number of aromatic nitrogens is 2. The highest BCUT2D eigenvalue weighted by atomic mass is 35.5. The Bertz CT molecular complexity index is 1020. The van der Waals surface area contributed by atoms with Gasteiger partial charge in [0.2, 0.25) is 5.91 Å². The lowest BCUT2D eigenvalue weighted by Crippen LogP contribution is -2.49. The van der Waals surface area contributed by atoms with Crippen molar-refractivity contribution in [1.29, 1.82) is 0 Å². The smallest absolute Gasteiger partial charge is 0.223 e. The largest absolute Gasteiger partial charge is 0.353 e. The second-order valence-electron chi connectivity index (χ2n) is 7.09. The van der Waals surface area contributed by atoms with E-state index in [9.17, 15) is 17.6 Å². The topological polar surface area (TPSA) is 83.5 Å². The summed E-state index contributed by atoms with van der Waals surface area (Å²) >= 11 is 6.30. The second kappa shape index (κ2) is 8.62. The number of sulfone groups is 1. The van der Waals surface area contributed by atoms with Gasteiger partial charge in [-0.25, -0.2) is 17.8 Å². The van der Waals surface area contributed by atoms with Crippen LogP contribution < -0.4 is 4.90 Å². The molecule has 0 unspecified atom stereocenters. The number of amides is 1. The summed E-state index contributed by atoms with van der Waals surface area (Å²) in [7, 11) is -3.16. The molecule has 0 aliphatic carbocycles. The van der Waals surface area contributed by atoms with Crippen molar-refractivity contribution in [3.05, 3.63) is 40.9 Å². The molecular formula is C19H22ClFN4O3S. The van der Waals surface area contributed by atoms with Crippen LogP contribution in [0.2, 0.25) is 5.02 Å². The SMILES string of the molecule is Cc1cc(F)cnc1-c1cc(N2CCN(C(=O)CCS(C)(=O)=O)CC2)ncc1Cl. The summed E-state index contributed by atoms with van der Waals surface area (Å²) in [6.45, 7) is 3.86. The molecular weight excluding hydrogens is 419 g/mol. The van der Waals surface area contributed by atoms with Gasteiger partial charge in [0.15, 0.2) is 0 Å². The summed E-state index contributed by atoms with van der Waals surface area (Å²) < 4.78 is 35.9. The van der Waals surface area contributed by atoms with Crippen LogP contribution >= 0.6 is 11.6 Å². The first kappa shape index (κ1) is 21.4. The highest BCUT2D eigenvalue weighted by Gasteiger charge is 2.23. The van der Waals surface area contributed by atoms with Gasteiger partial charge in [0.05, 0.1) is 22.7 Å². The number of carbonyl (C=O) groups is 1. The predicted molar refractivity (Wildman–Crippen MR) is 110 cm³/mol. The molecule has 1 fully saturated rings. The molecule has 0 radical (unpaired) electrons. The minimum Gasteiger partial charge on any atom is -0.353 e. The minimum absolute atomic E-state index is 0.00229. The molecule has 0 N–H and O–H groups in total. The molecule has 0 spiro atoms. The molecule has 1 aliphatic heterocycles. The Morgan fingerprint density at radius 2 is 1.86 bits per heavy atom. The van der Waals surface area contributed by atoms with Crippen LogP contribution in [0.4, 0.5) is 10.2 Å². The number of halogens is 2. The lowest BCUT2D eigenvalue weighted by atomic mass is 10.1. The summed E-state index contributed by atoms with van der Waals surface area (Å²) in [5.74, 6) is -0.0181. The maximum atomic E-state index is 13.4. The Kier molecular flexibility index (Phi) is 6.38. The van der Waals surface area contributed by atoms with E-state index >= 15 is 0 Å². The third-order valence-electron chi connectivity index (χ3n) is 4.78. The number of rotatable bonds is 5. The highest BCUT2D eigenvalue weighted by molar-refractivity contribution is 7.90. The monoisotopic (exact) mass is 440 g/mol. The first-order chi connectivity index (χ1) is 13.6. The summed E-state index contributed by atoms with van der Waals surface area (Å²) in [6.07, 6.45) is 3.82. The van der Waals surface area contributed by atoms with Crippen LogP contribution in [-0.2, 0) is 14.6 Å². The lowest BCUT2D eigenvalue weighted by Gasteiger charge is -2.35. The minimum atomic E-state index is -3.16. The van der Waals surface area contributed by atoms with Gasteiger partial charge in [-0.3, -0.25) is 9.78 Å². The van der Waals surface area contributed by atoms with Gasteiger partial charge < -0.3 is 9.80 Å². The molecule has 0 atom stereocenters. The zero-order valence-corrected chi connectivity index (χ0v) is 17.8. The maximum absolute atomic E-state index is 13.4. The Morgan fingerprint density at radius 1 is 1.17 bits per heavy atom. The van der Waals surface area contributed by atoms with E-state index in [-0.39, 0.29) is 18.1 Å². The second-order valence-corrected chi connectivity index (χ2v) is 9.76. The first-order valence-electron chi connectivity index (χ1n) is 9.12. The van der Waals surface area contributed by atoms with Crippen LogP contribution in [0.5, 0.6) is 0 Å². The number of hydrogen-bond donors (Lipinski definition) is 0. The summed E-state index contributed by atoms with van der Waals surface area (Å²) in [5, 5.41) is 0.422. The molecule has 3 heterocycles. The van der Waals surface area contributed by atoms with Crippen LogP contribution in [0, 0.1) is 12.7 Å². The van der Waals surface area contributed by atoms with Gasteiger partial charge in [0.1, 0.15) is 21.5 Å². The van der Waals surface area contributed by atoms with Crippen molar-refractivity contribution in [1.82, 2.24) is 14.9 Å². The molecule has 2 aromatic rings. The van der Waals surface area contributed by atoms with Gasteiger partial charge in [-0.1, -0.05) is 11.6 Å². The van der Waals surface area contributed by atoms with Crippen molar-refractivity contribution in [3.8, 4) is 11.3 Å². The van der Waals surface area contributed by atoms with Crippen molar-refractivity contribution in [2.45, 2.75) is 13.3 Å². The van der Waals surface area contributed by atoms with Gasteiger partial charge in [0.25, 0.3) is 0 Å². The quantitative estimate of drug-likeness (QED) is 0.709. The molecule has 3 rings (SSSR count). The zero-order chi connectivity index (χ0) is 21.2. The fourth-order valence-corrected chi connectivity index (χ4v) is 3.96. The standard InChI is InChI=1S/C19H22ClFN4O3S/c1-13-9-14(21)11-23-19(13)15-10-17(22-12-16(15)20)24-4-6-25(7-5-24)18(26)3-8-29(2,27)28/h9-12H,3-8H2,1-2H3. The van der Waals surface area contributed by atoms with Gasteiger partial charge in [-0.15, -0.1) is 0 Å². The Hall–Kier alpha value is -2.26. The molecule has 1 amide bonds. The third-order valence-corrected chi connectivity index (χ3v) is 6.03. The Balaban J connectivity index is 1.71. The number of aryl methyl sites for hydroxylation is 1. The molecule has 10 heteroatoms. The van der Waals surface area contributed by atoms with E-state index in [0.29, 0.717) is 53.8 Å². The van der Waals surface area contributed by atoms with Crippen molar-refractivity contribution in [2.75, 3.05) is 43.1 Å². The molecule has 2 aromatic heterocycles. The summed E-state index contributed by atoms with van der Waals surface area (Å²) in [5.41, 5.74) is 1.93. The predicted octanol–water partition coefficient (Wildman–Crippen LogP) is 2.33. The van der Waals surface area contributed by atoms with Gasteiger partial charge in [-0.05, 0) is 24.6 Å². The van der Waals surface area contributed by atoms with Crippen molar-refractivity contribution >= 4 is 33.2 Å². The fraction of sp³-hybridized carbons (Fsp3) is 0.421. The molecule has 1 aliphatic rings. The van der Waals surface area contributed by atoms with Crippen LogP contribution in [0.25, 0.3) is 11.3 Å². The zero-order valence-electron chi connectivity index (χ0n) is 16.2. The van der Waals surface area contributed by atoms with E-state index in [0.717, 1.165) is 12.5 Å². The maximum Gasteiger partial charge on any atom is 0.223 e. The molecule has 0 saturated carbocycles. The van der Waals surface area contributed by atoms with E-state index in [1.54, 1.807) is 18.0 Å². The lowest BCUT2D eigenvalue weighted by molar-refractivity contribution is -0.131. The Labute approximate surface area is 174 Å². The molecule has 1 saturated heterocycles. The van der Waals surface area contributed by atoms with Crippen molar-refractivity contribution in [3.63, 3.8) is 0 Å². The number of carbonyl (C=O) groups excluding carboxylic acids is 1. The first-order valence-corrected chi connectivity index (χ1v) is 11.6. The van der Waals surface area contributed by atoms with Gasteiger partial charge in [0, 0.05) is 50.6 Å². The van der Waals surface area contributed by atoms with E-state index in [2.05, 4.69) is 9.97 Å². The molecule has 7 nitrogen and oxygen atoms in total. The van der Waals surface area contributed by atoms with Crippen LogP contribution in [0.15, 0.2) is 24.5 Å². The van der Waals surface area contributed by atoms with E-state index in [1.165, 1.54) is 6.07 Å². The van der Waals surface area contributed by atoms with E-state index in [1.807, 2.05) is 11.0 Å². The van der Waals surface area contributed by atoms with Gasteiger partial charge in [-0.2, -0.15) is 0 Å². The van der Waals surface area contributed by atoms with E-state index < -0.39 is 15.7 Å². The molecule has 156 valence electrons. The number of pyridine rings is 2. The van der Waals surface area contributed by atoms with Crippen LogP contribution in [-0.4, -0.2) is 67.4 Å². The van der Waals surface area contributed by atoms with Crippen molar-refractivity contribution < 1.29 is 17.6 Å². The number of hydrogen-bond acceptors (Lipinski definition) is 6. The van der Waals surface area contributed by atoms with E-state index in [4.69, 9.17) is 11.6 Å². The average Bonchev–Trinajstić information content (AvgIpc) is 2.66. The van der Waals surface area contributed by atoms with Crippen molar-refractivity contribution in [2.24, 2.45) is 0 Å². The number of nitrogens with zero attached hydrogens (tertiary/aromatic N) is 4. The average molecular weight is 441 g/mol. The third kappa shape index (κ3) is 5.42. The number of anilines is 1. The Morgan fingerprint density at radius 3 is 2.48 bits per heavy atom. The normalized spacial score (nSPS) is 14.9. The van der Waals surface area contributed by atoms with Gasteiger partial charge >= 0.3 is 0 Å². The summed E-state index contributed by atoms with van der Waals surface area (Å²) in [4.78, 5) is 24.5. The van der Waals surface area contributed by atoms with Crippen LogP contribution in [0.3, 0.4) is 0 Å². The fourth-order valence-electron chi connectivity index (χ4n) is 3.22. The summed E-state index contributed by atoms with van der Waals surface area (Å²) in [6, 6.07) is 3.22. The molecule has 29 heavy (non-hydrogen) atoms. The van der Waals surface area contributed by atoms with Crippen LogP contribution in [0.1, 0.15) is 12.0 Å².